The smallest absolute Gasteiger partial charge is 0.199 e. The first kappa shape index (κ1) is 18.4. The molecule has 0 bridgehead atoms. The minimum atomic E-state index is 0.123. The molecule has 0 fully saturated rings. The van der Waals surface area contributed by atoms with Gasteiger partial charge in [-0.25, -0.2) is 0 Å². The maximum atomic E-state index is 5.47. The van der Waals surface area contributed by atoms with Crippen molar-refractivity contribution in [3.63, 3.8) is 0 Å². The molecule has 0 amide bonds. The average molecular weight is 368 g/mol. The van der Waals surface area contributed by atoms with Gasteiger partial charge in [0.25, 0.3) is 0 Å². The molecule has 5 heteroatoms. The van der Waals surface area contributed by atoms with Crippen LogP contribution in [0.5, 0.6) is 5.75 Å². The Morgan fingerprint density at radius 1 is 1.04 bits per heavy atom. The zero-order valence-corrected chi connectivity index (χ0v) is 16.5. The standard InChI is InChI=1S/C21H25N3OS/c1-14(2)13-16-5-7-17(8-6-16)15(3)20-22-23-21(26)24(20)18-9-11-19(25-4)12-10-18/h5-12,14-15H,13H2,1-4H3,(H,23,26). The SMILES string of the molecule is COc1ccc(-n2c(C(C)c3ccc(CC(C)C)cc3)n[nH]c2=S)cc1. The number of rotatable bonds is 6. The molecule has 3 aromatic rings. The van der Waals surface area contributed by atoms with Gasteiger partial charge >= 0.3 is 0 Å². The lowest BCUT2D eigenvalue weighted by Crippen LogP contribution is -2.07. The molecule has 4 nitrogen and oxygen atoms in total. The van der Waals surface area contributed by atoms with Crippen LogP contribution in [0.15, 0.2) is 48.5 Å². The molecule has 1 unspecified atom stereocenters. The topological polar surface area (TPSA) is 42.8 Å². The molecule has 0 aliphatic carbocycles. The van der Waals surface area contributed by atoms with E-state index in [4.69, 9.17) is 17.0 Å². The first-order chi connectivity index (χ1) is 12.5. The van der Waals surface area contributed by atoms with E-state index in [2.05, 4.69) is 55.2 Å². The number of methoxy groups -OCH3 is 1. The predicted molar refractivity (Wildman–Crippen MR) is 108 cm³/mol. The van der Waals surface area contributed by atoms with Crippen LogP contribution in [0.4, 0.5) is 0 Å². The van der Waals surface area contributed by atoms with E-state index in [-0.39, 0.29) is 5.92 Å². The zero-order chi connectivity index (χ0) is 18.7. The molecule has 1 atom stereocenters. The molecule has 1 heterocycles. The maximum absolute atomic E-state index is 5.47. The lowest BCUT2D eigenvalue weighted by molar-refractivity contribution is 0.414. The molecule has 26 heavy (non-hydrogen) atoms. The van der Waals surface area contributed by atoms with E-state index in [1.807, 2.05) is 28.8 Å². The summed E-state index contributed by atoms with van der Waals surface area (Å²) in [4.78, 5) is 0. The van der Waals surface area contributed by atoms with Gasteiger partial charge in [-0.1, -0.05) is 45.0 Å². The molecule has 2 aromatic carbocycles. The molecular weight excluding hydrogens is 342 g/mol. The van der Waals surface area contributed by atoms with E-state index in [9.17, 15) is 0 Å². The number of nitrogens with one attached hydrogen (secondary N) is 1. The second kappa shape index (κ2) is 7.87. The Morgan fingerprint density at radius 2 is 1.69 bits per heavy atom. The highest BCUT2D eigenvalue weighted by Gasteiger charge is 2.17. The summed E-state index contributed by atoms with van der Waals surface area (Å²) in [5, 5.41) is 7.43. The highest BCUT2D eigenvalue weighted by atomic mass is 32.1. The minimum Gasteiger partial charge on any atom is -0.497 e. The third-order valence-corrected chi connectivity index (χ3v) is 4.81. The summed E-state index contributed by atoms with van der Waals surface area (Å²) in [7, 11) is 1.66. The van der Waals surface area contributed by atoms with Gasteiger partial charge in [-0.3, -0.25) is 9.67 Å². The summed E-state index contributed by atoms with van der Waals surface area (Å²) in [5.41, 5.74) is 3.56. The Labute approximate surface area is 159 Å². The van der Waals surface area contributed by atoms with Crippen LogP contribution in [0, 0.1) is 10.7 Å². The van der Waals surface area contributed by atoms with Crippen molar-refractivity contribution < 1.29 is 4.74 Å². The van der Waals surface area contributed by atoms with Crippen LogP contribution in [0.1, 0.15) is 43.6 Å². The fraction of sp³-hybridized carbons (Fsp3) is 0.333. The van der Waals surface area contributed by atoms with Crippen LogP contribution >= 0.6 is 12.2 Å². The van der Waals surface area contributed by atoms with Gasteiger partial charge in [-0.15, -0.1) is 0 Å². The second-order valence-electron chi connectivity index (χ2n) is 6.98. The molecule has 0 aliphatic heterocycles. The van der Waals surface area contributed by atoms with Gasteiger partial charge in [-0.05, 0) is 59.9 Å². The van der Waals surface area contributed by atoms with Gasteiger partial charge in [0.2, 0.25) is 0 Å². The Balaban J connectivity index is 1.93. The normalized spacial score (nSPS) is 12.3. The number of hydrogen-bond donors (Lipinski definition) is 1. The molecule has 1 aromatic heterocycles. The van der Waals surface area contributed by atoms with E-state index in [0.29, 0.717) is 10.7 Å². The summed E-state index contributed by atoms with van der Waals surface area (Å²) in [6.07, 6.45) is 1.10. The van der Waals surface area contributed by atoms with E-state index < -0.39 is 0 Å². The van der Waals surface area contributed by atoms with Crippen molar-refractivity contribution in [1.29, 1.82) is 0 Å². The van der Waals surface area contributed by atoms with Gasteiger partial charge in [-0.2, -0.15) is 5.10 Å². The summed E-state index contributed by atoms with van der Waals surface area (Å²) in [5.74, 6) is 2.50. The number of aromatic amines is 1. The fourth-order valence-electron chi connectivity index (χ4n) is 3.14. The van der Waals surface area contributed by atoms with Crippen LogP contribution in [-0.2, 0) is 6.42 Å². The molecule has 1 N–H and O–H groups in total. The van der Waals surface area contributed by atoms with Crippen molar-refractivity contribution in [2.24, 2.45) is 5.92 Å². The molecule has 0 aliphatic rings. The molecular formula is C21H25N3OS. The maximum Gasteiger partial charge on any atom is 0.199 e. The number of nitrogens with zero attached hydrogens (tertiary/aromatic N) is 2. The number of hydrogen-bond acceptors (Lipinski definition) is 3. The largest absolute Gasteiger partial charge is 0.497 e. The third kappa shape index (κ3) is 3.88. The summed E-state index contributed by atoms with van der Waals surface area (Å²) < 4.78 is 7.82. The Bertz CT molecular complexity index is 908. The van der Waals surface area contributed by atoms with Crippen molar-refractivity contribution in [3.05, 3.63) is 70.3 Å². The summed E-state index contributed by atoms with van der Waals surface area (Å²) in [6.45, 7) is 6.63. The lowest BCUT2D eigenvalue weighted by Gasteiger charge is -2.15. The number of ether oxygens (including phenoxy) is 1. The van der Waals surface area contributed by atoms with E-state index in [1.54, 1.807) is 7.11 Å². The highest BCUT2D eigenvalue weighted by Crippen LogP contribution is 2.26. The minimum absolute atomic E-state index is 0.123. The van der Waals surface area contributed by atoms with Crippen LogP contribution in [0.25, 0.3) is 5.69 Å². The van der Waals surface area contributed by atoms with Crippen molar-refractivity contribution in [2.45, 2.75) is 33.1 Å². The summed E-state index contributed by atoms with van der Waals surface area (Å²) >= 11 is 5.47. The van der Waals surface area contributed by atoms with Crippen molar-refractivity contribution in [3.8, 4) is 11.4 Å². The van der Waals surface area contributed by atoms with Gasteiger partial charge in [0, 0.05) is 11.6 Å². The Morgan fingerprint density at radius 3 is 2.27 bits per heavy atom. The number of aromatic nitrogens is 3. The van der Waals surface area contributed by atoms with Gasteiger partial charge in [0.1, 0.15) is 11.6 Å². The second-order valence-corrected chi connectivity index (χ2v) is 7.37. The van der Waals surface area contributed by atoms with Crippen LogP contribution in [0.2, 0.25) is 0 Å². The lowest BCUT2D eigenvalue weighted by atomic mass is 9.96. The predicted octanol–water partition coefficient (Wildman–Crippen LogP) is 5.29. The van der Waals surface area contributed by atoms with Crippen molar-refractivity contribution in [1.82, 2.24) is 14.8 Å². The molecule has 136 valence electrons. The first-order valence-electron chi connectivity index (χ1n) is 8.90. The molecule has 0 radical (unpaired) electrons. The monoisotopic (exact) mass is 367 g/mol. The Kier molecular flexibility index (Phi) is 5.57. The van der Waals surface area contributed by atoms with E-state index in [1.165, 1.54) is 11.1 Å². The van der Waals surface area contributed by atoms with E-state index in [0.717, 1.165) is 23.7 Å². The molecule has 0 spiro atoms. The molecule has 0 saturated carbocycles. The van der Waals surface area contributed by atoms with Crippen LogP contribution in [-0.4, -0.2) is 21.9 Å². The number of H-pyrrole nitrogens is 1. The quantitative estimate of drug-likeness (QED) is 0.602. The van der Waals surface area contributed by atoms with Gasteiger partial charge in [0.05, 0.1) is 7.11 Å². The highest BCUT2D eigenvalue weighted by molar-refractivity contribution is 7.71. The fourth-order valence-corrected chi connectivity index (χ4v) is 3.39. The van der Waals surface area contributed by atoms with Gasteiger partial charge in [0.15, 0.2) is 4.77 Å². The third-order valence-electron chi connectivity index (χ3n) is 4.54. The molecule has 3 rings (SSSR count). The zero-order valence-electron chi connectivity index (χ0n) is 15.7. The van der Waals surface area contributed by atoms with E-state index >= 15 is 0 Å². The Hall–Kier alpha value is -2.40. The first-order valence-corrected chi connectivity index (χ1v) is 9.31. The van der Waals surface area contributed by atoms with Crippen molar-refractivity contribution in [2.75, 3.05) is 7.11 Å². The molecule has 0 saturated heterocycles. The van der Waals surface area contributed by atoms with Crippen LogP contribution in [0.3, 0.4) is 0 Å². The summed E-state index contributed by atoms with van der Waals surface area (Å²) in [6, 6.07) is 16.7. The van der Waals surface area contributed by atoms with Crippen molar-refractivity contribution >= 4 is 12.2 Å². The average Bonchev–Trinajstić information content (AvgIpc) is 3.03. The van der Waals surface area contributed by atoms with Crippen LogP contribution < -0.4 is 4.74 Å². The van der Waals surface area contributed by atoms with Gasteiger partial charge < -0.3 is 4.74 Å². The number of benzene rings is 2.